The molecule has 0 saturated carbocycles. The van der Waals surface area contributed by atoms with E-state index in [-0.39, 0.29) is 31.5 Å². The van der Waals surface area contributed by atoms with Crippen LogP contribution in [0.2, 0.25) is 0 Å². The van der Waals surface area contributed by atoms with Crippen molar-refractivity contribution in [2.45, 2.75) is 341 Å². The third-order valence-corrected chi connectivity index (χ3v) is 16.2. The number of likely N-dealkylation sites (N-methyl/N-ethyl adjacent to an activating group) is 1. The molecule has 0 heterocycles. The van der Waals surface area contributed by atoms with Gasteiger partial charge in [0.2, 0.25) is 5.91 Å². The first-order valence-electron chi connectivity index (χ1n) is 33.9. The lowest BCUT2D eigenvalue weighted by Crippen LogP contribution is -2.47. The summed E-state index contributed by atoms with van der Waals surface area (Å²) in [7, 11) is 1.20. The first-order chi connectivity index (χ1) is 38.4. The van der Waals surface area contributed by atoms with Crippen LogP contribution in [0.1, 0.15) is 329 Å². The summed E-state index contributed by atoms with van der Waals surface area (Å²) in [5.74, 6) is -0.528. The van der Waals surface area contributed by atoms with Gasteiger partial charge in [-0.2, -0.15) is 0 Å². The highest BCUT2D eigenvalue weighted by Gasteiger charge is 2.27. The second-order valence-corrected chi connectivity index (χ2v) is 25.7. The maximum atomic E-state index is 13.6. The van der Waals surface area contributed by atoms with E-state index in [0.717, 1.165) is 70.6 Å². The molecule has 0 aromatic rings. The summed E-state index contributed by atoms with van der Waals surface area (Å²) < 4.78 is 30.4. The number of rotatable bonds is 62. The van der Waals surface area contributed by atoms with Crippen molar-refractivity contribution in [3.05, 3.63) is 48.6 Å². The van der Waals surface area contributed by atoms with Crippen molar-refractivity contribution >= 4 is 19.7 Å². The van der Waals surface area contributed by atoms with Gasteiger partial charge in [0, 0.05) is 12.8 Å². The molecule has 0 bridgehead atoms. The molecular formula is C69H131N2O7P. The van der Waals surface area contributed by atoms with Crippen molar-refractivity contribution in [1.82, 2.24) is 5.32 Å². The van der Waals surface area contributed by atoms with Crippen LogP contribution in [0.5, 0.6) is 0 Å². The lowest BCUT2D eigenvalue weighted by Gasteiger charge is -2.30. The van der Waals surface area contributed by atoms with Crippen molar-refractivity contribution in [3.8, 4) is 0 Å². The van der Waals surface area contributed by atoms with E-state index >= 15 is 0 Å². The third kappa shape index (κ3) is 60.4. The predicted molar refractivity (Wildman–Crippen MR) is 339 cm³/mol. The summed E-state index contributed by atoms with van der Waals surface area (Å²) in [5, 5.41) is 3.04. The molecule has 0 aromatic heterocycles. The summed E-state index contributed by atoms with van der Waals surface area (Å²) in [6.07, 6.45) is 73.6. The van der Waals surface area contributed by atoms with Crippen LogP contribution in [0.15, 0.2) is 48.6 Å². The number of hydrogen-bond acceptors (Lipinski definition) is 7. The standard InChI is InChI=1S/C69H131N2O7P/c1-7-10-13-16-19-22-25-28-30-31-32-33-34-35-36-37-38-39-41-43-46-49-52-55-58-61-68(72)70-66(65-77-79(74,75)76-64-63-71(4,5)6)67(60-57-54-51-48-45-42-27-24-21-18-15-12-9-3)78-69(73)62-59-56-53-50-47-44-40-29-26-23-20-17-14-11-8-2/h19,22,28,30,32-33,57,60,66-67H,7-18,20-21,23-27,29,31,34-56,58-59,61-65H2,1-6H3,(H-,70,72,74,75)/b22-19-,30-28-,33-32-,60-57-. The molecule has 0 aliphatic heterocycles. The van der Waals surface area contributed by atoms with E-state index in [0.29, 0.717) is 17.4 Å². The highest BCUT2D eigenvalue weighted by molar-refractivity contribution is 7.45. The van der Waals surface area contributed by atoms with Crippen molar-refractivity contribution in [2.24, 2.45) is 0 Å². The Labute approximate surface area is 490 Å². The molecule has 0 rings (SSSR count). The van der Waals surface area contributed by atoms with E-state index in [1.165, 1.54) is 225 Å². The molecule has 0 aliphatic rings. The summed E-state index contributed by atoms with van der Waals surface area (Å²) in [6, 6.07) is -0.887. The maximum Gasteiger partial charge on any atom is 0.306 e. The average molecular weight is 1130 g/mol. The molecule has 79 heavy (non-hydrogen) atoms. The van der Waals surface area contributed by atoms with Gasteiger partial charge < -0.3 is 28.5 Å². The number of quaternary nitrogens is 1. The summed E-state index contributed by atoms with van der Waals surface area (Å²) in [4.78, 5) is 40.1. The van der Waals surface area contributed by atoms with Crippen LogP contribution >= 0.6 is 7.82 Å². The van der Waals surface area contributed by atoms with Crippen LogP contribution in [0.3, 0.4) is 0 Å². The van der Waals surface area contributed by atoms with Gasteiger partial charge in [-0.15, -0.1) is 0 Å². The Kier molecular flexibility index (Phi) is 57.6. The number of carbonyl (C=O) groups is 2. The van der Waals surface area contributed by atoms with Gasteiger partial charge in [0.05, 0.1) is 33.8 Å². The van der Waals surface area contributed by atoms with Gasteiger partial charge in [-0.1, -0.05) is 294 Å². The predicted octanol–water partition coefficient (Wildman–Crippen LogP) is 20.6. The SMILES string of the molecule is CCCCC/C=C\C/C=C\C/C=C\CCCCCCCCCCCCCCC(=O)NC(COP(=O)([O-])OCC[N+](C)(C)C)C(/C=C\CCCCCCCCCCCCC)OC(=O)CCCCCCCCCCCCCCCCC. The fourth-order valence-corrected chi connectivity index (χ4v) is 10.7. The molecule has 3 atom stereocenters. The van der Waals surface area contributed by atoms with E-state index in [2.05, 4.69) is 62.5 Å². The molecule has 0 radical (unpaired) electrons. The number of phosphoric acid groups is 1. The molecule has 0 saturated heterocycles. The molecule has 9 nitrogen and oxygen atoms in total. The van der Waals surface area contributed by atoms with Crippen molar-refractivity contribution in [1.29, 1.82) is 0 Å². The number of nitrogens with one attached hydrogen (secondary N) is 1. The third-order valence-electron chi connectivity index (χ3n) is 15.3. The highest BCUT2D eigenvalue weighted by atomic mass is 31.2. The first kappa shape index (κ1) is 77.0. The number of unbranched alkanes of at least 4 members (excludes halogenated alkanes) is 40. The molecule has 3 unspecified atom stereocenters. The number of carbonyl (C=O) groups excluding carboxylic acids is 2. The number of phosphoric ester groups is 1. The quantitative estimate of drug-likeness (QED) is 0.0212. The minimum atomic E-state index is -4.70. The molecule has 0 aromatic carbocycles. The monoisotopic (exact) mass is 1130 g/mol. The van der Waals surface area contributed by atoms with Crippen LogP contribution < -0.4 is 10.2 Å². The van der Waals surface area contributed by atoms with E-state index in [1.807, 2.05) is 33.3 Å². The first-order valence-corrected chi connectivity index (χ1v) is 35.4. The van der Waals surface area contributed by atoms with E-state index < -0.39 is 20.0 Å². The smallest absolute Gasteiger partial charge is 0.306 e. The lowest BCUT2D eigenvalue weighted by molar-refractivity contribution is -0.870. The van der Waals surface area contributed by atoms with Crippen LogP contribution in [0.4, 0.5) is 0 Å². The van der Waals surface area contributed by atoms with E-state index in [4.69, 9.17) is 13.8 Å². The van der Waals surface area contributed by atoms with Gasteiger partial charge in [0.25, 0.3) is 7.82 Å². The van der Waals surface area contributed by atoms with Crippen LogP contribution in [0, 0.1) is 0 Å². The normalized spacial score (nSPS) is 13.9. The highest BCUT2D eigenvalue weighted by Crippen LogP contribution is 2.38. The Hall–Kier alpha value is -2.03. The fourth-order valence-electron chi connectivity index (χ4n) is 10.0. The number of hydrogen-bond donors (Lipinski definition) is 1. The van der Waals surface area contributed by atoms with Gasteiger partial charge in [-0.05, 0) is 70.3 Å². The minimum Gasteiger partial charge on any atom is -0.756 e. The average Bonchev–Trinajstić information content (AvgIpc) is 3.41. The molecule has 10 heteroatoms. The van der Waals surface area contributed by atoms with Gasteiger partial charge in [-0.3, -0.25) is 14.2 Å². The summed E-state index contributed by atoms with van der Waals surface area (Å²) >= 11 is 0. The Morgan fingerprint density at radius 3 is 1.18 bits per heavy atom. The molecule has 464 valence electrons. The molecule has 0 spiro atoms. The van der Waals surface area contributed by atoms with Crippen molar-refractivity contribution < 1.29 is 37.3 Å². The number of ether oxygens (including phenoxy) is 1. The topological polar surface area (TPSA) is 114 Å². The maximum absolute atomic E-state index is 13.6. The Morgan fingerprint density at radius 1 is 0.443 bits per heavy atom. The number of nitrogens with zero attached hydrogens (tertiary/aromatic N) is 1. The van der Waals surface area contributed by atoms with E-state index in [1.54, 1.807) is 0 Å². The van der Waals surface area contributed by atoms with Crippen LogP contribution in [0.25, 0.3) is 0 Å². The zero-order chi connectivity index (χ0) is 57.9. The number of amides is 1. The van der Waals surface area contributed by atoms with Crippen LogP contribution in [-0.2, 0) is 27.9 Å². The molecule has 0 aliphatic carbocycles. The molecular weight excluding hydrogens is 1000 g/mol. The Morgan fingerprint density at radius 2 is 0.772 bits per heavy atom. The van der Waals surface area contributed by atoms with Crippen LogP contribution in [-0.4, -0.2) is 69.4 Å². The van der Waals surface area contributed by atoms with Crippen molar-refractivity contribution in [2.75, 3.05) is 40.9 Å². The van der Waals surface area contributed by atoms with E-state index in [9.17, 15) is 19.0 Å². The molecule has 1 amide bonds. The van der Waals surface area contributed by atoms with Gasteiger partial charge in [-0.25, -0.2) is 0 Å². The zero-order valence-corrected chi connectivity index (χ0v) is 54.0. The number of allylic oxidation sites excluding steroid dienone is 7. The Bertz CT molecular complexity index is 1490. The molecule has 0 fully saturated rings. The zero-order valence-electron chi connectivity index (χ0n) is 53.1. The van der Waals surface area contributed by atoms with Gasteiger partial charge >= 0.3 is 5.97 Å². The van der Waals surface area contributed by atoms with Crippen molar-refractivity contribution in [3.63, 3.8) is 0 Å². The second-order valence-electron chi connectivity index (χ2n) is 24.3. The van der Waals surface area contributed by atoms with Gasteiger partial charge in [0.1, 0.15) is 19.3 Å². The molecule has 1 N–H and O–H groups in total. The summed E-state index contributed by atoms with van der Waals surface area (Å²) in [5.41, 5.74) is 0. The Balaban J connectivity index is 5.10. The fraction of sp³-hybridized carbons (Fsp3) is 0.855. The number of esters is 1. The minimum absolute atomic E-state index is 0.0208. The lowest BCUT2D eigenvalue weighted by atomic mass is 10.0. The largest absolute Gasteiger partial charge is 0.756 e. The second kappa shape index (κ2) is 59.1. The summed E-state index contributed by atoms with van der Waals surface area (Å²) in [6.45, 7) is 6.86. The van der Waals surface area contributed by atoms with Gasteiger partial charge in [0.15, 0.2) is 0 Å².